The minimum absolute atomic E-state index is 0.00912. The maximum atomic E-state index is 11.6. The van der Waals surface area contributed by atoms with Crippen LogP contribution in [0.4, 0.5) is 0 Å². The fraction of sp³-hybridized carbons (Fsp3) is 0.300. The van der Waals surface area contributed by atoms with Gasteiger partial charge in [0.1, 0.15) is 17.9 Å². The number of carbonyl (C=O) groups excluding carboxylic acids is 1. The van der Waals surface area contributed by atoms with E-state index in [1.54, 1.807) is 16.9 Å². The third kappa shape index (κ3) is 4.01. The number of primary amides is 1. The van der Waals surface area contributed by atoms with Gasteiger partial charge in [0.15, 0.2) is 5.69 Å². The number of aliphatic hydroxyl groups is 1. The van der Waals surface area contributed by atoms with E-state index in [9.17, 15) is 9.90 Å². The Hall–Kier alpha value is -3.15. The molecule has 29 heavy (non-hydrogen) atoms. The molecular weight excluding hydrogens is 394 g/mol. The molecule has 0 radical (unpaired) electrons. The zero-order valence-electron chi connectivity index (χ0n) is 16.2. The highest BCUT2D eigenvalue weighted by atomic mass is 35.5. The molecule has 0 bridgehead atoms. The van der Waals surface area contributed by atoms with Gasteiger partial charge in [-0.05, 0) is 38.5 Å². The maximum absolute atomic E-state index is 11.6. The molecule has 2 aromatic heterocycles. The molecule has 0 fully saturated rings. The lowest BCUT2D eigenvalue weighted by Crippen LogP contribution is -2.16. The summed E-state index contributed by atoms with van der Waals surface area (Å²) in [5, 5.41) is 23.8. The second kappa shape index (κ2) is 8.07. The van der Waals surface area contributed by atoms with E-state index < -0.39 is 12.0 Å². The van der Waals surface area contributed by atoms with Crippen molar-refractivity contribution < 1.29 is 14.3 Å². The number of halogens is 1. The first-order valence-corrected chi connectivity index (χ1v) is 9.32. The van der Waals surface area contributed by atoms with Crippen molar-refractivity contribution in [2.45, 2.75) is 39.3 Å². The lowest BCUT2D eigenvalue weighted by atomic mass is 10.0. The van der Waals surface area contributed by atoms with Crippen molar-refractivity contribution in [3.63, 3.8) is 0 Å². The van der Waals surface area contributed by atoms with Crippen molar-refractivity contribution in [2.75, 3.05) is 0 Å². The quantitative estimate of drug-likeness (QED) is 0.637. The molecule has 3 rings (SSSR count). The van der Waals surface area contributed by atoms with E-state index in [1.165, 1.54) is 6.92 Å². The zero-order chi connectivity index (χ0) is 21.3. The van der Waals surface area contributed by atoms with Crippen LogP contribution in [0, 0.1) is 18.3 Å². The number of nitrogens with two attached hydrogens (primary N) is 1. The van der Waals surface area contributed by atoms with Gasteiger partial charge in [-0.1, -0.05) is 17.7 Å². The number of oxazole rings is 1. The molecule has 1 aromatic carbocycles. The van der Waals surface area contributed by atoms with Crippen LogP contribution in [-0.2, 0) is 6.42 Å². The van der Waals surface area contributed by atoms with Crippen LogP contribution in [0.2, 0.25) is 5.02 Å². The molecule has 150 valence electrons. The van der Waals surface area contributed by atoms with Gasteiger partial charge in [0.25, 0.3) is 5.91 Å². The highest BCUT2D eigenvalue weighted by Gasteiger charge is 2.23. The number of hydrogen-bond donors (Lipinski definition) is 2. The van der Waals surface area contributed by atoms with Crippen LogP contribution < -0.4 is 5.73 Å². The summed E-state index contributed by atoms with van der Waals surface area (Å²) >= 11 is 6.26. The van der Waals surface area contributed by atoms with Gasteiger partial charge in [-0.3, -0.25) is 9.48 Å². The standard InChI is InChI=1S/C20H20ClN5O3/c1-10(8-16-18(19(23)28)24-20(29-16)12(3)27)26-7-6-15(25-26)14-5-4-13(9-22)17(21)11(14)2/h4-7,10,12,27H,8H2,1-3H3,(H2,23,28)/t10-,12?/m0/s1. The fourth-order valence-corrected chi connectivity index (χ4v) is 3.22. The fourth-order valence-electron chi connectivity index (χ4n) is 3.02. The Morgan fingerprint density at radius 3 is 2.76 bits per heavy atom. The third-order valence-corrected chi connectivity index (χ3v) is 5.12. The molecule has 8 nitrogen and oxygen atoms in total. The van der Waals surface area contributed by atoms with E-state index >= 15 is 0 Å². The van der Waals surface area contributed by atoms with E-state index in [4.69, 9.17) is 27.0 Å². The summed E-state index contributed by atoms with van der Waals surface area (Å²) in [6.45, 7) is 5.24. The average Bonchev–Trinajstić information content (AvgIpc) is 3.31. The predicted molar refractivity (Wildman–Crippen MR) is 106 cm³/mol. The number of nitriles is 1. The lowest BCUT2D eigenvalue weighted by molar-refractivity contribution is 0.0994. The van der Waals surface area contributed by atoms with Crippen LogP contribution in [0.3, 0.4) is 0 Å². The van der Waals surface area contributed by atoms with Crippen LogP contribution in [0.1, 0.15) is 59.3 Å². The minimum Gasteiger partial charge on any atom is -0.442 e. The van der Waals surface area contributed by atoms with Crippen molar-refractivity contribution in [3.8, 4) is 17.3 Å². The van der Waals surface area contributed by atoms with Gasteiger partial charge in [-0.15, -0.1) is 0 Å². The van der Waals surface area contributed by atoms with Gasteiger partial charge < -0.3 is 15.3 Å². The Labute approximate surface area is 172 Å². The number of aromatic nitrogens is 3. The molecule has 0 aliphatic heterocycles. The van der Waals surface area contributed by atoms with Crippen LogP contribution in [0.5, 0.6) is 0 Å². The van der Waals surface area contributed by atoms with E-state index in [-0.39, 0.29) is 17.6 Å². The van der Waals surface area contributed by atoms with Crippen molar-refractivity contribution in [1.29, 1.82) is 5.26 Å². The van der Waals surface area contributed by atoms with Gasteiger partial charge >= 0.3 is 0 Å². The highest BCUT2D eigenvalue weighted by Crippen LogP contribution is 2.30. The summed E-state index contributed by atoms with van der Waals surface area (Å²) in [6, 6.07) is 7.21. The molecule has 2 heterocycles. The van der Waals surface area contributed by atoms with E-state index in [1.807, 2.05) is 26.0 Å². The Balaban J connectivity index is 1.88. The minimum atomic E-state index is -0.947. The van der Waals surface area contributed by atoms with Gasteiger partial charge in [0, 0.05) is 18.2 Å². The Kier molecular flexibility index (Phi) is 5.73. The maximum Gasteiger partial charge on any atom is 0.270 e. The number of carbonyl (C=O) groups is 1. The summed E-state index contributed by atoms with van der Waals surface area (Å²) in [5.74, 6) is -0.368. The first-order valence-electron chi connectivity index (χ1n) is 8.95. The number of benzene rings is 1. The SMILES string of the molecule is Cc1c(-c2ccn([C@@H](C)Cc3oc(C(C)O)nc3C(N)=O)n2)ccc(C#N)c1Cl. The summed E-state index contributed by atoms with van der Waals surface area (Å²) in [6.07, 6.45) is 1.17. The average molecular weight is 414 g/mol. The Morgan fingerprint density at radius 1 is 1.41 bits per heavy atom. The Morgan fingerprint density at radius 2 is 2.14 bits per heavy atom. The smallest absolute Gasteiger partial charge is 0.270 e. The normalized spacial score (nSPS) is 13.1. The zero-order valence-corrected chi connectivity index (χ0v) is 16.9. The molecule has 1 unspecified atom stereocenters. The third-order valence-electron chi connectivity index (χ3n) is 4.63. The van der Waals surface area contributed by atoms with Crippen LogP contribution in [0.15, 0.2) is 28.8 Å². The number of amides is 1. The van der Waals surface area contributed by atoms with Crippen molar-refractivity contribution in [3.05, 3.63) is 57.9 Å². The van der Waals surface area contributed by atoms with Crippen molar-refractivity contribution in [1.82, 2.24) is 14.8 Å². The molecule has 3 N–H and O–H groups in total. The number of nitrogens with zero attached hydrogens (tertiary/aromatic N) is 4. The molecule has 2 atom stereocenters. The lowest BCUT2D eigenvalue weighted by Gasteiger charge is -2.11. The van der Waals surface area contributed by atoms with Gasteiger partial charge in [0.05, 0.1) is 22.3 Å². The van der Waals surface area contributed by atoms with Crippen LogP contribution in [-0.4, -0.2) is 25.8 Å². The molecule has 9 heteroatoms. The summed E-state index contributed by atoms with van der Waals surface area (Å²) in [7, 11) is 0. The van der Waals surface area contributed by atoms with Gasteiger partial charge in [-0.25, -0.2) is 4.98 Å². The summed E-state index contributed by atoms with van der Waals surface area (Å²) in [4.78, 5) is 15.6. The van der Waals surface area contributed by atoms with E-state index in [0.717, 1.165) is 11.1 Å². The van der Waals surface area contributed by atoms with Crippen molar-refractivity contribution >= 4 is 17.5 Å². The predicted octanol–water partition coefficient (Wildman–Crippen LogP) is 3.33. The summed E-state index contributed by atoms with van der Waals surface area (Å²) < 4.78 is 7.26. The van der Waals surface area contributed by atoms with E-state index in [2.05, 4.69) is 16.2 Å². The van der Waals surface area contributed by atoms with E-state index in [0.29, 0.717) is 28.5 Å². The molecule has 0 saturated carbocycles. The van der Waals surface area contributed by atoms with Crippen molar-refractivity contribution in [2.24, 2.45) is 5.73 Å². The topological polar surface area (TPSA) is 131 Å². The highest BCUT2D eigenvalue weighted by molar-refractivity contribution is 6.32. The molecule has 0 saturated heterocycles. The van der Waals surface area contributed by atoms with Gasteiger partial charge in [0.2, 0.25) is 5.89 Å². The number of rotatable bonds is 6. The first-order chi connectivity index (χ1) is 13.7. The van der Waals surface area contributed by atoms with Crippen LogP contribution >= 0.6 is 11.6 Å². The molecule has 0 aliphatic carbocycles. The molecular formula is C20H20ClN5O3. The molecule has 0 aliphatic rings. The summed E-state index contributed by atoms with van der Waals surface area (Å²) in [5.41, 5.74) is 8.11. The number of aliphatic hydroxyl groups excluding tert-OH is 1. The molecule has 1 amide bonds. The second-order valence-electron chi connectivity index (χ2n) is 6.81. The molecule has 0 spiro atoms. The Bertz CT molecular complexity index is 1110. The van der Waals surface area contributed by atoms with Gasteiger partial charge in [-0.2, -0.15) is 10.4 Å². The first kappa shape index (κ1) is 20.6. The number of hydrogen-bond acceptors (Lipinski definition) is 6. The second-order valence-corrected chi connectivity index (χ2v) is 7.19. The largest absolute Gasteiger partial charge is 0.442 e. The monoisotopic (exact) mass is 413 g/mol. The van der Waals surface area contributed by atoms with Crippen LogP contribution in [0.25, 0.3) is 11.3 Å². The molecule has 3 aromatic rings.